The predicted octanol–water partition coefficient (Wildman–Crippen LogP) is 2.21. The van der Waals surface area contributed by atoms with Crippen LogP contribution in [-0.4, -0.2) is 35.3 Å². The van der Waals surface area contributed by atoms with E-state index in [0.29, 0.717) is 13.0 Å². The van der Waals surface area contributed by atoms with E-state index >= 15 is 0 Å². The van der Waals surface area contributed by atoms with Crippen molar-refractivity contribution in [1.29, 1.82) is 0 Å². The number of carbonyl (C=O) groups excluding carboxylic acids is 1. The molecule has 6 heteroatoms. The van der Waals surface area contributed by atoms with Crippen LogP contribution < -0.4 is 10.6 Å². The van der Waals surface area contributed by atoms with Crippen molar-refractivity contribution in [3.05, 3.63) is 51.5 Å². The number of nitrogens with zero attached hydrogens (tertiary/aromatic N) is 1. The molecule has 0 spiro atoms. The maximum absolute atomic E-state index is 11.9. The van der Waals surface area contributed by atoms with Crippen LogP contribution in [0.5, 0.6) is 0 Å². The number of hydrogen-bond donors (Lipinski definition) is 3. The van der Waals surface area contributed by atoms with E-state index in [2.05, 4.69) is 15.6 Å². The molecule has 2 rings (SSSR count). The first-order chi connectivity index (χ1) is 11.1. The van der Waals surface area contributed by atoms with Crippen molar-refractivity contribution in [3.8, 4) is 0 Å². The zero-order valence-electron chi connectivity index (χ0n) is 13.5. The summed E-state index contributed by atoms with van der Waals surface area (Å²) in [6, 6.07) is 9.27. The molecule has 2 amide bonds. The number of aromatic nitrogens is 1. The molecule has 0 aliphatic rings. The summed E-state index contributed by atoms with van der Waals surface area (Å²) in [5, 5.41) is 16.1. The Kier molecular flexibility index (Phi) is 6.55. The van der Waals surface area contributed by atoms with Crippen LogP contribution in [0.1, 0.15) is 21.1 Å². The molecule has 2 aromatic rings. The highest BCUT2D eigenvalue weighted by Crippen LogP contribution is 2.16. The number of aryl methyl sites for hydroxylation is 2. The summed E-state index contributed by atoms with van der Waals surface area (Å²) in [6.45, 7) is 4.44. The smallest absolute Gasteiger partial charge is 0.315 e. The molecule has 0 bridgehead atoms. The third-order valence-electron chi connectivity index (χ3n) is 3.52. The van der Waals surface area contributed by atoms with E-state index in [1.807, 2.05) is 44.2 Å². The molecule has 23 heavy (non-hydrogen) atoms. The molecule has 0 saturated heterocycles. The lowest BCUT2D eigenvalue weighted by atomic mass is 10.1. The molecule has 0 fully saturated rings. The molecule has 3 N–H and O–H groups in total. The first-order valence-electron chi connectivity index (χ1n) is 7.70. The summed E-state index contributed by atoms with van der Waals surface area (Å²) in [7, 11) is 0. The summed E-state index contributed by atoms with van der Waals surface area (Å²) in [5.74, 6) is 0. The quantitative estimate of drug-likeness (QED) is 0.727. The molecule has 1 unspecified atom stereocenters. The molecule has 5 nitrogen and oxygen atoms in total. The molecule has 1 heterocycles. The largest absolute Gasteiger partial charge is 0.394 e. The number of carbonyl (C=O) groups is 1. The second kappa shape index (κ2) is 8.64. The molecular formula is C17H23N3O2S. The van der Waals surface area contributed by atoms with Gasteiger partial charge in [-0.2, -0.15) is 0 Å². The Hall–Kier alpha value is -1.92. The number of amides is 2. The molecule has 1 aromatic heterocycles. The van der Waals surface area contributed by atoms with Crippen LogP contribution in [0, 0.1) is 13.8 Å². The molecule has 1 atom stereocenters. The molecule has 0 aliphatic carbocycles. The van der Waals surface area contributed by atoms with E-state index in [9.17, 15) is 9.90 Å². The van der Waals surface area contributed by atoms with E-state index in [-0.39, 0.29) is 18.7 Å². The lowest BCUT2D eigenvalue weighted by Gasteiger charge is -2.17. The number of hydrogen-bond acceptors (Lipinski definition) is 4. The normalized spacial score (nSPS) is 12.0. The third-order valence-corrected chi connectivity index (χ3v) is 4.65. The van der Waals surface area contributed by atoms with Crippen LogP contribution in [0.2, 0.25) is 0 Å². The number of benzene rings is 1. The van der Waals surface area contributed by atoms with Crippen molar-refractivity contribution in [2.24, 2.45) is 0 Å². The summed E-state index contributed by atoms with van der Waals surface area (Å²) >= 11 is 1.66. The van der Waals surface area contributed by atoms with E-state index in [1.165, 1.54) is 4.88 Å². The molecule has 124 valence electrons. The van der Waals surface area contributed by atoms with Gasteiger partial charge in [0.2, 0.25) is 0 Å². The minimum Gasteiger partial charge on any atom is -0.394 e. The summed E-state index contributed by atoms with van der Waals surface area (Å²) in [6.07, 6.45) is 1.38. The van der Waals surface area contributed by atoms with Crippen molar-refractivity contribution in [1.82, 2.24) is 15.6 Å². The van der Waals surface area contributed by atoms with Gasteiger partial charge in [0, 0.05) is 17.8 Å². The van der Waals surface area contributed by atoms with Crippen molar-refractivity contribution >= 4 is 17.4 Å². The van der Waals surface area contributed by atoms with Crippen LogP contribution in [0.15, 0.2) is 30.3 Å². The fourth-order valence-corrected chi connectivity index (χ4v) is 3.33. The van der Waals surface area contributed by atoms with Gasteiger partial charge >= 0.3 is 6.03 Å². The van der Waals surface area contributed by atoms with Gasteiger partial charge in [-0.15, -0.1) is 11.3 Å². The van der Waals surface area contributed by atoms with Gasteiger partial charge in [0.15, 0.2) is 0 Å². The second-order valence-corrected chi connectivity index (χ2v) is 6.75. The highest BCUT2D eigenvalue weighted by Gasteiger charge is 2.12. The molecular weight excluding hydrogens is 310 g/mol. The van der Waals surface area contributed by atoms with Gasteiger partial charge in [-0.25, -0.2) is 9.78 Å². The van der Waals surface area contributed by atoms with Gasteiger partial charge in [0.05, 0.1) is 23.4 Å². The number of rotatable bonds is 7. The highest BCUT2D eigenvalue weighted by molar-refractivity contribution is 7.11. The van der Waals surface area contributed by atoms with Crippen molar-refractivity contribution in [3.63, 3.8) is 0 Å². The van der Waals surface area contributed by atoms with Crippen molar-refractivity contribution < 1.29 is 9.90 Å². The average molecular weight is 333 g/mol. The molecule has 0 aliphatic heterocycles. The van der Waals surface area contributed by atoms with Gasteiger partial charge < -0.3 is 15.7 Å². The third kappa shape index (κ3) is 5.65. The molecule has 1 aromatic carbocycles. The molecule has 0 radical (unpaired) electrons. The van der Waals surface area contributed by atoms with Gasteiger partial charge in [0.25, 0.3) is 0 Å². The van der Waals surface area contributed by atoms with Crippen LogP contribution >= 0.6 is 11.3 Å². The Morgan fingerprint density at radius 2 is 2.04 bits per heavy atom. The first-order valence-corrected chi connectivity index (χ1v) is 8.52. The van der Waals surface area contributed by atoms with Crippen LogP contribution in [-0.2, 0) is 12.8 Å². The molecule has 0 saturated carbocycles. The van der Waals surface area contributed by atoms with Gasteiger partial charge in [-0.1, -0.05) is 30.3 Å². The Labute approximate surface area is 140 Å². The summed E-state index contributed by atoms with van der Waals surface area (Å²) in [4.78, 5) is 17.5. The minimum atomic E-state index is -0.287. The van der Waals surface area contributed by atoms with E-state index in [4.69, 9.17) is 0 Å². The summed E-state index contributed by atoms with van der Waals surface area (Å²) in [5.41, 5.74) is 2.12. The average Bonchev–Trinajstić information content (AvgIpc) is 2.85. The lowest BCUT2D eigenvalue weighted by Crippen LogP contribution is -2.45. The maximum Gasteiger partial charge on any atom is 0.315 e. The topological polar surface area (TPSA) is 74.2 Å². The number of urea groups is 1. The Morgan fingerprint density at radius 3 is 2.65 bits per heavy atom. The standard InChI is InChI=1S/C17H23N3O2S/c1-12-16(23-13(2)19-12)8-9-18-17(22)20-15(11-21)10-14-6-4-3-5-7-14/h3-7,15,21H,8-11H2,1-2H3,(H2,18,20,22). The number of aliphatic hydroxyl groups is 1. The van der Waals surface area contributed by atoms with Crippen LogP contribution in [0.3, 0.4) is 0 Å². The van der Waals surface area contributed by atoms with Gasteiger partial charge in [-0.3, -0.25) is 0 Å². The van der Waals surface area contributed by atoms with E-state index in [1.54, 1.807) is 11.3 Å². The maximum atomic E-state index is 11.9. The summed E-state index contributed by atoms with van der Waals surface area (Å²) < 4.78 is 0. The fourth-order valence-electron chi connectivity index (χ4n) is 2.39. The first kappa shape index (κ1) is 17.4. The number of nitrogens with one attached hydrogen (secondary N) is 2. The lowest BCUT2D eigenvalue weighted by molar-refractivity contribution is 0.216. The van der Waals surface area contributed by atoms with Crippen LogP contribution in [0.4, 0.5) is 4.79 Å². The van der Waals surface area contributed by atoms with Crippen LogP contribution in [0.25, 0.3) is 0 Å². The van der Waals surface area contributed by atoms with E-state index < -0.39 is 0 Å². The Morgan fingerprint density at radius 1 is 1.30 bits per heavy atom. The monoisotopic (exact) mass is 333 g/mol. The highest BCUT2D eigenvalue weighted by atomic mass is 32.1. The zero-order valence-corrected chi connectivity index (χ0v) is 14.3. The predicted molar refractivity (Wildman–Crippen MR) is 92.8 cm³/mol. The zero-order chi connectivity index (χ0) is 16.7. The van der Waals surface area contributed by atoms with E-state index in [0.717, 1.165) is 22.7 Å². The van der Waals surface area contributed by atoms with Gasteiger partial charge in [-0.05, 0) is 25.8 Å². The van der Waals surface area contributed by atoms with Crippen molar-refractivity contribution in [2.75, 3.05) is 13.2 Å². The second-order valence-electron chi connectivity index (χ2n) is 5.46. The fraction of sp³-hybridized carbons (Fsp3) is 0.412. The SMILES string of the molecule is Cc1nc(C)c(CCNC(=O)NC(CO)Cc2ccccc2)s1. The minimum absolute atomic E-state index is 0.0878. The Balaban J connectivity index is 1.75. The number of thiazole rings is 1. The van der Waals surface area contributed by atoms with Gasteiger partial charge in [0.1, 0.15) is 0 Å². The van der Waals surface area contributed by atoms with Crippen molar-refractivity contribution in [2.45, 2.75) is 32.7 Å². The number of aliphatic hydroxyl groups excluding tert-OH is 1. The Bertz CT molecular complexity index is 628.